The van der Waals surface area contributed by atoms with Crippen molar-refractivity contribution < 1.29 is 4.79 Å². The van der Waals surface area contributed by atoms with Crippen molar-refractivity contribution in [1.82, 2.24) is 20.6 Å². The third-order valence-corrected chi connectivity index (χ3v) is 3.68. The minimum atomic E-state index is -0.0207. The zero-order valence-corrected chi connectivity index (χ0v) is 12.6. The van der Waals surface area contributed by atoms with E-state index in [2.05, 4.69) is 33.0 Å². The van der Waals surface area contributed by atoms with Gasteiger partial charge in [0.2, 0.25) is 0 Å². The van der Waals surface area contributed by atoms with Gasteiger partial charge in [-0.3, -0.25) is 20.5 Å². The second kappa shape index (κ2) is 8.59. The summed E-state index contributed by atoms with van der Waals surface area (Å²) in [6, 6.07) is 6.04. The number of rotatable bonds is 7. The van der Waals surface area contributed by atoms with Gasteiger partial charge in [0.25, 0.3) is 5.91 Å². The average Bonchev–Trinajstić information content (AvgIpc) is 2.54. The van der Waals surface area contributed by atoms with Gasteiger partial charge in [-0.2, -0.15) is 0 Å². The van der Waals surface area contributed by atoms with Crippen molar-refractivity contribution in [1.29, 1.82) is 0 Å². The molecule has 0 bridgehead atoms. The van der Waals surface area contributed by atoms with Gasteiger partial charge < -0.3 is 5.32 Å². The van der Waals surface area contributed by atoms with E-state index in [0.29, 0.717) is 18.4 Å². The summed E-state index contributed by atoms with van der Waals surface area (Å²) >= 11 is 0. The van der Waals surface area contributed by atoms with Crippen LogP contribution in [0.5, 0.6) is 0 Å². The van der Waals surface area contributed by atoms with E-state index in [0.717, 1.165) is 38.9 Å². The van der Waals surface area contributed by atoms with Gasteiger partial charge in [-0.15, -0.1) is 0 Å². The molecule has 116 valence electrons. The summed E-state index contributed by atoms with van der Waals surface area (Å²) in [5, 5.41) is 3.36. The number of piperidine rings is 1. The standard InChI is InChI=1S/C15H25N5O/c1-2-11-20(13-6-9-16-10-7-13)12-15(21)19-18-14-5-3-4-8-17-14/h3-5,8,13,16H,2,6-7,9-12H2,1H3,(H,17,18)(H,19,21). The fourth-order valence-corrected chi connectivity index (χ4v) is 2.64. The Morgan fingerprint density at radius 3 is 2.90 bits per heavy atom. The normalized spacial score (nSPS) is 15.9. The number of carbonyl (C=O) groups is 1. The zero-order valence-electron chi connectivity index (χ0n) is 12.6. The topological polar surface area (TPSA) is 69.3 Å². The van der Waals surface area contributed by atoms with Gasteiger partial charge in [-0.25, -0.2) is 4.98 Å². The molecule has 0 spiro atoms. The van der Waals surface area contributed by atoms with Crippen LogP contribution in [0.2, 0.25) is 0 Å². The molecule has 0 saturated carbocycles. The van der Waals surface area contributed by atoms with E-state index < -0.39 is 0 Å². The Morgan fingerprint density at radius 1 is 1.43 bits per heavy atom. The Balaban J connectivity index is 1.80. The van der Waals surface area contributed by atoms with E-state index in [1.54, 1.807) is 6.20 Å². The lowest BCUT2D eigenvalue weighted by molar-refractivity contribution is -0.122. The fourth-order valence-electron chi connectivity index (χ4n) is 2.64. The largest absolute Gasteiger partial charge is 0.317 e. The molecule has 1 amide bonds. The van der Waals surface area contributed by atoms with Gasteiger partial charge in [-0.05, 0) is 51.0 Å². The van der Waals surface area contributed by atoms with Gasteiger partial charge in [0.1, 0.15) is 5.82 Å². The van der Waals surface area contributed by atoms with Crippen LogP contribution in [-0.4, -0.2) is 48.0 Å². The summed E-state index contributed by atoms with van der Waals surface area (Å²) in [6.45, 7) is 5.62. The Kier molecular flexibility index (Phi) is 6.43. The highest BCUT2D eigenvalue weighted by atomic mass is 16.2. The fraction of sp³-hybridized carbons (Fsp3) is 0.600. The highest BCUT2D eigenvalue weighted by molar-refractivity contribution is 5.79. The van der Waals surface area contributed by atoms with Gasteiger partial charge in [0.05, 0.1) is 6.54 Å². The van der Waals surface area contributed by atoms with Gasteiger partial charge in [0.15, 0.2) is 0 Å². The zero-order chi connectivity index (χ0) is 14.9. The first-order chi connectivity index (χ1) is 10.3. The molecule has 1 aliphatic rings. The second-order valence-electron chi connectivity index (χ2n) is 5.34. The molecule has 0 aliphatic carbocycles. The van der Waals surface area contributed by atoms with Crippen LogP contribution in [0.25, 0.3) is 0 Å². The maximum Gasteiger partial charge on any atom is 0.252 e. The minimum Gasteiger partial charge on any atom is -0.317 e. The number of hydrogen-bond acceptors (Lipinski definition) is 5. The van der Waals surface area contributed by atoms with Crippen molar-refractivity contribution in [3.05, 3.63) is 24.4 Å². The number of anilines is 1. The summed E-state index contributed by atoms with van der Waals surface area (Å²) in [5.41, 5.74) is 5.56. The summed E-state index contributed by atoms with van der Waals surface area (Å²) in [4.78, 5) is 18.5. The highest BCUT2D eigenvalue weighted by Crippen LogP contribution is 2.12. The first-order valence-electron chi connectivity index (χ1n) is 7.70. The van der Waals surface area contributed by atoms with Crippen LogP contribution < -0.4 is 16.2 Å². The Morgan fingerprint density at radius 2 is 2.24 bits per heavy atom. The maximum absolute atomic E-state index is 12.1. The molecular formula is C15H25N5O. The van der Waals surface area contributed by atoms with Crippen LogP contribution in [-0.2, 0) is 4.79 Å². The number of nitrogens with one attached hydrogen (secondary N) is 3. The lowest BCUT2D eigenvalue weighted by Crippen LogP contribution is -2.48. The maximum atomic E-state index is 12.1. The molecule has 1 aromatic rings. The lowest BCUT2D eigenvalue weighted by Gasteiger charge is -2.33. The SMILES string of the molecule is CCCN(CC(=O)NNc1ccccn1)C1CCNCC1. The van der Waals surface area contributed by atoms with E-state index in [9.17, 15) is 4.79 Å². The molecule has 2 rings (SSSR count). The number of carbonyl (C=O) groups excluding carboxylic acids is 1. The number of aromatic nitrogens is 1. The first-order valence-corrected chi connectivity index (χ1v) is 7.70. The van der Waals surface area contributed by atoms with E-state index in [-0.39, 0.29) is 5.91 Å². The molecule has 6 nitrogen and oxygen atoms in total. The van der Waals surface area contributed by atoms with Crippen LogP contribution in [0.1, 0.15) is 26.2 Å². The van der Waals surface area contributed by atoms with Crippen molar-refractivity contribution in [2.45, 2.75) is 32.2 Å². The number of nitrogens with zero attached hydrogens (tertiary/aromatic N) is 2. The molecule has 1 fully saturated rings. The molecule has 6 heteroatoms. The van der Waals surface area contributed by atoms with Crippen molar-refractivity contribution in [3.63, 3.8) is 0 Å². The number of amides is 1. The number of hydrazine groups is 1. The van der Waals surface area contributed by atoms with Crippen LogP contribution in [0.15, 0.2) is 24.4 Å². The molecule has 21 heavy (non-hydrogen) atoms. The van der Waals surface area contributed by atoms with Crippen LogP contribution in [0, 0.1) is 0 Å². The van der Waals surface area contributed by atoms with Gasteiger partial charge in [0, 0.05) is 12.2 Å². The Labute approximate surface area is 126 Å². The molecule has 0 unspecified atom stereocenters. The summed E-state index contributed by atoms with van der Waals surface area (Å²) in [5.74, 6) is 0.627. The smallest absolute Gasteiger partial charge is 0.252 e. The quantitative estimate of drug-likeness (QED) is 0.654. The molecule has 1 aromatic heterocycles. The average molecular weight is 291 g/mol. The predicted molar refractivity (Wildman–Crippen MR) is 83.8 cm³/mol. The van der Waals surface area contributed by atoms with Crippen LogP contribution in [0.3, 0.4) is 0 Å². The Hall–Kier alpha value is -1.66. The third-order valence-electron chi connectivity index (χ3n) is 3.68. The van der Waals surface area contributed by atoms with Crippen molar-refractivity contribution in [2.24, 2.45) is 0 Å². The molecular weight excluding hydrogens is 266 g/mol. The van der Waals surface area contributed by atoms with Gasteiger partial charge in [-0.1, -0.05) is 13.0 Å². The minimum absolute atomic E-state index is 0.0207. The van der Waals surface area contributed by atoms with Crippen molar-refractivity contribution in [3.8, 4) is 0 Å². The van der Waals surface area contributed by atoms with Crippen molar-refractivity contribution >= 4 is 11.7 Å². The van der Waals surface area contributed by atoms with E-state index >= 15 is 0 Å². The molecule has 1 saturated heterocycles. The van der Waals surface area contributed by atoms with Crippen molar-refractivity contribution in [2.75, 3.05) is 31.6 Å². The Bertz CT molecular complexity index is 419. The molecule has 0 radical (unpaired) electrons. The van der Waals surface area contributed by atoms with Gasteiger partial charge >= 0.3 is 0 Å². The molecule has 0 atom stereocenters. The molecule has 0 aromatic carbocycles. The second-order valence-corrected chi connectivity index (χ2v) is 5.34. The summed E-state index contributed by atoms with van der Waals surface area (Å²) in [7, 11) is 0. The van der Waals surface area contributed by atoms with E-state index in [1.165, 1.54) is 0 Å². The molecule has 3 N–H and O–H groups in total. The molecule has 2 heterocycles. The monoisotopic (exact) mass is 291 g/mol. The van der Waals surface area contributed by atoms with Crippen LogP contribution >= 0.6 is 0 Å². The first kappa shape index (κ1) is 15.7. The summed E-state index contributed by atoms with van der Waals surface area (Å²) in [6.07, 6.45) is 4.97. The number of pyridine rings is 1. The highest BCUT2D eigenvalue weighted by Gasteiger charge is 2.22. The predicted octanol–water partition coefficient (Wildman–Crippen LogP) is 0.989. The lowest BCUT2D eigenvalue weighted by atomic mass is 10.0. The number of hydrogen-bond donors (Lipinski definition) is 3. The van der Waals surface area contributed by atoms with E-state index in [1.807, 2.05) is 18.2 Å². The third kappa shape index (κ3) is 5.32. The molecule has 1 aliphatic heterocycles. The summed E-state index contributed by atoms with van der Waals surface area (Å²) < 4.78 is 0. The van der Waals surface area contributed by atoms with Crippen LogP contribution in [0.4, 0.5) is 5.82 Å². The van der Waals surface area contributed by atoms with E-state index in [4.69, 9.17) is 0 Å².